The summed E-state index contributed by atoms with van der Waals surface area (Å²) >= 11 is 0. The van der Waals surface area contributed by atoms with E-state index in [2.05, 4.69) is 71.0 Å². The van der Waals surface area contributed by atoms with Crippen LogP contribution in [0.15, 0.2) is 36.4 Å². The van der Waals surface area contributed by atoms with E-state index in [1.54, 1.807) is 0 Å². The van der Waals surface area contributed by atoms with E-state index >= 15 is 0 Å². The SMILES string of the molecule is CC(C)C.Cc1ccc2c(C)cccc2c1. The van der Waals surface area contributed by atoms with Crippen molar-refractivity contribution in [2.45, 2.75) is 34.6 Å². The molecular weight excluding hydrogens is 192 g/mol. The Morgan fingerprint density at radius 2 is 1.50 bits per heavy atom. The maximum absolute atomic E-state index is 2.22. The molecule has 0 heteroatoms. The maximum atomic E-state index is 2.22. The molecule has 0 nitrogen and oxygen atoms in total. The summed E-state index contributed by atoms with van der Waals surface area (Å²) in [5.74, 6) is 0.833. The summed E-state index contributed by atoms with van der Waals surface area (Å²) in [6, 6.07) is 13.0. The monoisotopic (exact) mass is 214 g/mol. The fourth-order valence-corrected chi connectivity index (χ4v) is 1.57. The van der Waals surface area contributed by atoms with E-state index in [4.69, 9.17) is 0 Å². The molecule has 0 unspecified atom stereocenters. The zero-order valence-corrected chi connectivity index (χ0v) is 11.0. The lowest BCUT2D eigenvalue weighted by molar-refractivity contribution is 0.737. The molecule has 0 N–H and O–H groups in total. The van der Waals surface area contributed by atoms with E-state index in [-0.39, 0.29) is 0 Å². The number of rotatable bonds is 0. The van der Waals surface area contributed by atoms with Gasteiger partial charge in [0.05, 0.1) is 0 Å². The van der Waals surface area contributed by atoms with E-state index in [1.165, 1.54) is 21.9 Å². The second-order valence-corrected chi connectivity index (χ2v) is 5.03. The van der Waals surface area contributed by atoms with Crippen molar-refractivity contribution in [3.8, 4) is 0 Å². The highest BCUT2D eigenvalue weighted by Crippen LogP contribution is 2.18. The lowest BCUT2D eigenvalue weighted by Gasteiger charge is -2.01. The molecule has 16 heavy (non-hydrogen) atoms. The Kier molecular flexibility index (Phi) is 4.54. The molecule has 2 aromatic carbocycles. The van der Waals surface area contributed by atoms with Crippen molar-refractivity contribution in [2.24, 2.45) is 5.92 Å². The summed E-state index contributed by atoms with van der Waals surface area (Å²) in [4.78, 5) is 0. The van der Waals surface area contributed by atoms with Crippen LogP contribution in [0.25, 0.3) is 10.8 Å². The van der Waals surface area contributed by atoms with Crippen LogP contribution in [0.4, 0.5) is 0 Å². The van der Waals surface area contributed by atoms with Crippen molar-refractivity contribution >= 4 is 10.8 Å². The molecular formula is C16H22. The Morgan fingerprint density at radius 3 is 2.12 bits per heavy atom. The molecule has 0 amide bonds. The van der Waals surface area contributed by atoms with Gasteiger partial charge in [-0.25, -0.2) is 0 Å². The van der Waals surface area contributed by atoms with Gasteiger partial charge in [-0.2, -0.15) is 0 Å². The van der Waals surface area contributed by atoms with E-state index < -0.39 is 0 Å². The summed E-state index contributed by atoms with van der Waals surface area (Å²) in [5, 5.41) is 2.71. The molecule has 86 valence electrons. The minimum Gasteiger partial charge on any atom is -0.0630 e. The van der Waals surface area contributed by atoms with E-state index in [9.17, 15) is 0 Å². The minimum absolute atomic E-state index is 0.833. The first kappa shape index (κ1) is 12.8. The molecule has 0 spiro atoms. The van der Waals surface area contributed by atoms with E-state index in [0.29, 0.717) is 0 Å². The average Bonchev–Trinajstić information content (AvgIpc) is 2.16. The fraction of sp³-hybridized carbons (Fsp3) is 0.375. The Bertz CT molecular complexity index is 450. The maximum Gasteiger partial charge on any atom is -0.0155 e. The second kappa shape index (κ2) is 5.69. The predicted octanol–water partition coefficient (Wildman–Crippen LogP) is 5.12. The average molecular weight is 214 g/mol. The molecule has 0 bridgehead atoms. The fourth-order valence-electron chi connectivity index (χ4n) is 1.57. The number of benzene rings is 2. The third kappa shape index (κ3) is 3.69. The second-order valence-electron chi connectivity index (χ2n) is 5.03. The van der Waals surface area contributed by atoms with Crippen LogP contribution in [0.5, 0.6) is 0 Å². The highest BCUT2D eigenvalue weighted by Gasteiger charge is 1.94. The molecule has 0 atom stereocenters. The summed E-state index contributed by atoms with van der Waals surface area (Å²) < 4.78 is 0. The summed E-state index contributed by atoms with van der Waals surface area (Å²) in [5.41, 5.74) is 2.68. The third-order valence-corrected chi connectivity index (χ3v) is 2.25. The van der Waals surface area contributed by atoms with Crippen molar-refractivity contribution in [3.63, 3.8) is 0 Å². The van der Waals surface area contributed by atoms with Gasteiger partial charge in [0.1, 0.15) is 0 Å². The summed E-state index contributed by atoms with van der Waals surface area (Å²) in [6.45, 7) is 10.8. The van der Waals surface area contributed by atoms with Crippen molar-refractivity contribution < 1.29 is 0 Å². The highest BCUT2D eigenvalue weighted by atomic mass is 14.0. The molecule has 0 aliphatic carbocycles. The lowest BCUT2D eigenvalue weighted by Crippen LogP contribution is -1.78. The van der Waals surface area contributed by atoms with Crippen LogP contribution >= 0.6 is 0 Å². The van der Waals surface area contributed by atoms with Gasteiger partial charge >= 0.3 is 0 Å². The van der Waals surface area contributed by atoms with Crippen LogP contribution in [0.1, 0.15) is 31.9 Å². The van der Waals surface area contributed by atoms with Gasteiger partial charge in [-0.1, -0.05) is 62.7 Å². The topological polar surface area (TPSA) is 0 Å². The van der Waals surface area contributed by atoms with Gasteiger partial charge in [0.25, 0.3) is 0 Å². The normalized spacial score (nSPS) is 10.1. The molecule has 2 aromatic rings. The van der Waals surface area contributed by atoms with Crippen LogP contribution < -0.4 is 0 Å². The molecule has 2 rings (SSSR count). The quantitative estimate of drug-likeness (QED) is 0.571. The molecule has 0 aromatic heterocycles. The van der Waals surface area contributed by atoms with E-state index in [0.717, 1.165) is 5.92 Å². The zero-order valence-electron chi connectivity index (χ0n) is 11.0. The number of hydrogen-bond acceptors (Lipinski definition) is 0. The Balaban J connectivity index is 0.000000280. The number of fused-ring (bicyclic) bond motifs is 1. The molecule has 0 radical (unpaired) electrons. The van der Waals surface area contributed by atoms with Crippen LogP contribution in [0.3, 0.4) is 0 Å². The first-order valence-corrected chi connectivity index (χ1v) is 5.96. The molecule has 0 aliphatic rings. The zero-order chi connectivity index (χ0) is 12.1. The number of hydrogen-bond donors (Lipinski definition) is 0. The first-order chi connectivity index (χ1) is 7.50. The highest BCUT2D eigenvalue weighted by molar-refractivity contribution is 5.85. The Morgan fingerprint density at radius 1 is 0.875 bits per heavy atom. The molecule has 0 fully saturated rings. The van der Waals surface area contributed by atoms with Gasteiger partial charge in [0.15, 0.2) is 0 Å². The van der Waals surface area contributed by atoms with Gasteiger partial charge in [0.2, 0.25) is 0 Å². The molecule has 0 saturated heterocycles. The standard InChI is InChI=1S/C12H12.C4H10/c1-9-6-7-12-10(2)4-3-5-11(12)8-9;1-4(2)3/h3-8H,1-2H3;4H,1-3H3. The summed E-state index contributed by atoms with van der Waals surface area (Å²) in [7, 11) is 0. The van der Waals surface area contributed by atoms with Crippen LogP contribution in [-0.2, 0) is 0 Å². The first-order valence-electron chi connectivity index (χ1n) is 5.96. The van der Waals surface area contributed by atoms with Crippen LogP contribution in [0, 0.1) is 19.8 Å². The van der Waals surface area contributed by atoms with Crippen LogP contribution in [0.2, 0.25) is 0 Å². The molecule has 0 heterocycles. The van der Waals surface area contributed by atoms with Crippen molar-refractivity contribution in [1.82, 2.24) is 0 Å². The minimum atomic E-state index is 0.833. The van der Waals surface area contributed by atoms with Crippen molar-refractivity contribution in [3.05, 3.63) is 47.5 Å². The van der Waals surface area contributed by atoms with Gasteiger partial charge < -0.3 is 0 Å². The van der Waals surface area contributed by atoms with Gasteiger partial charge in [-0.3, -0.25) is 0 Å². The van der Waals surface area contributed by atoms with Gasteiger partial charge in [-0.15, -0.1) is 0 Å². The Hall–Kier alpha value is -1.30. The third-order valence-electron chi connectivity index (χ3n) is 2.25. The van der Waals surface area contributed by atoms with Crippen LogP contribution in [-0.4, -0.2) is 0 Å². The summed E-state index contributed by atoms with van der Waals surface area (Å²) in [6.07, 6.45) is 0. The predicted molar refractivity (Wildman–Crippen MR) is 73.9 cm³/mol. The van der Waals surface area contributed by atoms with Crippen molar-refractivity contribution in [1.29, 1.82) is 0 Å². The largest absolute Gasteiger partial charge is 0.0630 e. The smallest absolute Gasteiger partial charge is 0.0155 e. The number of aryl methyl sites for hydroxylation is 2. The molecule has 0 aliphatic heterocycles. The lowest BCUT2D eigenvalue weighted by atomic mass is 10.0. The Labute approximate surface area is 99.3 Å². The van der Waals surface area contributed by atoms with Crippen molar-refractivity contribution in [2.75, 3.05) is 0 Å². The van der Waals surface area contributed by atoms with E-state index in [1.807, 2.05) is 0 Å². The van der Waals surface area contributed by atoms with Gasteiger partial charge in [0, 0.05) is 0 Å². The van der Waals surface area contributed by atoms with Gasteiger partial charge in [-0.05, 0) is 36.1 Å². The molecule has 0 saturated carbocycles.